The molecule has 1 unspecified atom stereocenters. The lowest BCUT2D eigenvalue weighted by molar-refractivity contribution is 0.300. The van der Waals surface area contributed by atoms with Crippen molar-refractivity contribution in [3.63, 3.8) is 0 Å². The summed E-state index contributed by atoms with van der Waals surface area (Å²) in [6.45, 7) is 2.41. The minimum Gasteiger partial charge on any atom is -0.486 e. The Hall–Kier alpha value is -2.39. The summed E-state index contributed by atoms with van der Waals surface area (Å²) in [6.07, 6.45) is 1.77. The van der Waals surface area contributed by atoms with Gasteiger partial charge in [-0.15, -0.1) is 0 Å². The van der Waals surface area contributed by atoms with Crippen molar-refractivity contribution in [3.8, 4) is 5.75 Å². The van der Waals surface area contributed by atoms with Gasteiger partial charge >= 0.3 is 0 Å². The molecule has 0 spiro atoms. The van der Waals surface area contributed by atoms with Crippen LogP contribution in [0.3, 0.4) is 0 Å². The van der Waals surface area contributed by atoms with E-state index in [1.54, 1.807) is 6.20 Å². The fraction of sp³-hybridized carbons (Fsp3) is 0.167. The van der Waals surface area contributed by atoms with Crippen molar-refractivity contribution < 1.29 is 4.74 Å². The van der Waals surface area contributed by atoms with Gasteiger partial charge in [0.15, 0.2) is 0 Å². The molecule has 3 aromatic rings. The average molecular weight is 278 g/mol. The molecule has 3 heteroatoms. The molecule has 1 aromatic heterocycles. The predicted octanol–water partition coefficient (Wildman–Crippen LogP) is 3.83. The number of rotatable bonds is 4. The van der Waals surface area contributed by atoms with Crippen LogP contribution in [0.4, 0.5) is 0 Å². The van der Waals surface area contributed by atoms with Crippen molar-refractivity contribution >= 4 is 10.8 Å². The Kier molecular flexibility index (Phi) is 3.84. The minimum absolute atomic E-state index is 0.0756. The molecule has 0 aliphatic rings. The van der Waals surface area contributed by atoms with Crippen LogP contribution < -0.4 is 10.5 Å². The van der Waals surface area contributed by atoms with E-state index in [4.69, 9.17) is 10.5 Å². The van der Waals surface area contributed by atoms with Gasteiger partial charge in [-0.25, -0.2) is 0 Å². The van der Waals surface area contributed by atoms with Gasteiger partial charge in [-0.2, -0.15) is 0 Å². The number of nitrogens with two attached hydrogens (primary N) is 1. The summed E-state index contributed by atoms with van der Waals surface area (Å²) in [5, 5.41) is 2.24. The molecule has 0 bridgehead atoms. The van der Waals surface area contributed by atoms with E-state index >= 15 is 0 Å². The monoisotopic (exact) mass is 278 g/mol. The molecule has 0 saturated carbocycles. The van der Waals surface area contributed by atoms with Crippen LogP contribution >= 0.6 is 0 Å². The molecule has 0 amide bonds. The van der Waals surface area contributed by atoms with Crippen LogP contribution in [0.5, 0.6) is 5.75 Å². The molecule has 1 atom stereocenters. The SMILES string of the molecule is CC(N)c1ccc2ccccc2c1OCc1ccccn1. The van der Waals surface area contributed by atoms with Crippen LogP contribution in [0.25, 0.3) is 10.8 Å². The lowest BCUT2D eigenvalue weighted by Crippen LogP contribution is -2.09. The molecule has 3 rings (SSSR count). The first-order valence-corrected chi connectivity index (χ1v) is 7.05. The molecular formula is C18H18N2O. The van der Waals surface area contributed by atoms with E-state index in [-0.39, 0.29) is 6.04 Å². The average Bonchev–Trinajstić information content (AvgIpc) is 2.53. The van der Waals surface area contributed by atoms with Crippen molar-refractivity contribution in [1.29, 1.82) is 0 Å². The zero-order chi connectivity index (χ0) is 14.7. The van der Waals surface area contributed by atoms with Gasteiger partial charge in [-0.3, -0.25) is 4.98 Å². The molecule has 2 aromatic carbocycles. The molecule has 0 radical (unpaired) electrons. The second-order valence-corrected chi connectivity index (χ2v) is 5.10. The number of nitrogens with zero attached hydrogens (tertiary/aromatic N) is 1. The van der Waals surface area contributed by atoms with Crippen molar-refractivity contribution in [1.82, 2.24) is 4.98 Å². The number of hydrogen-bond donors (Lipinski definition) is 1. The Labute approximate surface area is 124 Å². The third-order valence-electron chi connectivity index (χ3n) is 3.49. The van der Waals surface area contributed by atoms with Gasteiger partial charge in [-0.1, -0.05) is 42.5 Å². The first-order valence-electron chi connectivity index (χ1n) is 7.05. The molecule has 3 nitrogen and oxygen atoms in total. The highest BCUT2D eigenvalue weighted by Crippen LogP contribution is 2.33. The second kappa shape index (κ2) is 5.94. The highest BCUT2D eigenvalue weighted by molar-refractivity contribution is 5.89. The van der Waals surface area contributed by atoms with Crippen LogP contribution in [-0.4, -0.2) is 4.98 Å². The van der Waals surface area contributed by atoms with Crippen molar-refractivity contribution in [2.75, 3.05) is 0 Å². The molecule has 21 heavy (non-hydrogen) atoms. The number of hydrogen-bond acceptors (Lipinski definition) is 3. The lowest BCUT2D eigenvalue weighted by atomic mass is 10.0. The minimum atomic E-state index is -0.0756. The van der Waals surface area contributed by atoms with Crippen LogP contribution in [-0.2, 0) is 6.61 Å². The quantitative estimate of drug-likeness (QED) is 0.789. The third-order valence-corrected chi connectivity index (χ3v) is 3.49. The van der Waals surface area contributed by atoms with E-state index in [2.05, 4.69) is 23.2 Å². The van der Waals surface area contributed by atoms with Gasteiger partial charge in [0.25, 0.3) is 0 Å². The Balaban J connectivity index is 2.00. The molecule has 0 aliphatic heterocycles. The number of ether oxygens (including phenoxy) is 1. The highest BCUT2D eigenvalue weighted by Gasteiger charge is 2.12. The van der Waals surface area contributed by atoms with Crippen LogP contribution in [0.2, 0.25) is 0 Å². The van der Waals surface area contributed by atoms with E-state index in [1.807, 2.05) is 43.3 Å². The topological polar surface area (TPSA) is 48.1 Å². The summed E-state index contributed by atoms with van der Waals surface area (Å²) in [5.74, 6) is 0.855. The fourth-order valence-electron chi connectivity index (χ4n) is 2.41. The molecule has 0 fully saturated rings. The van der Waals surface area contributed by atoms with Gasteiger partial charge < -0.3 is 10.5 Å². The first kappa shape index (κ1) is 13.6. The second-order valence-electron chi connectivity index (χ2n) is 5.10. The summed E-state index contributed by atoms with van der Waals surface area (Å²) in [5.41, 5.74) is 8.00. The normalized spacial score (nSPS) is 12.3. The van der Waals surface area contributed by atoms with E-state index in [1.165, 1.54) is 0 Å². The molecule has 0 saturated heterocycles. The third kappa shape index (κ3) is 2.88. The Morgan fingerprint density at radius 3 is 2.62 bits per heavy atom. The summed E-state index contributed by atoms with van der Waals surface area (Å²) >= 11 is 0. The Morgan fingerprint density at radius 1 is 1.05 bits per heavy atom. The summed E-state index contributed by atoms with van der Waals surface area (Å²) in [6, 6.07) is 18.0. The number of benzene rings is 2. The molecule has 0 aliphatic carbocycles. The van der Waals surface area contributed by atoms with Gasteiger partial charge in [0.2, 0.25) is 0 Å². The maximum absolute atomic E-state index is 6.08. The molecule has 106 valence electrons. The number of fused-ring (bicyclic) bond motifs is 1. The Morgan fingerprint density at radius 2 is 1.86 bits per heavy atom. The highest BCUT2D eigenvalue weighted by atomic mass is 16.5. The maximum atomic E-state index is 6.08. The molecular weight excluding hydrogens is 260 g/mol. The van der Waals surface area contributed by atoms with Crippen LogP contribution in [0, 0.1) is 0 Å². The first-order chi connectivity index (χ1) is 10.3. The molecule has 1 heterocycles. The lowest BCUT2D eigenvalue weighted by Gasteiger charge is -2.16. The van der Waals surface area contributed by atoms with Gasteiger partial charge in [0.05, 0.1) is 5.69 Å². The van der Waals surface area contributed by atoms with Crippen molar-refractivity contribution in [2.45, 2.75) is 19.6 Å². The van der Waals surface area contributed by atoms with Gasteiger partial charge in [0, 0.05) is 23.2 Å². The van der Waals surface area contributed by atoms with E-state index in [0.29, 0.717) is 6.61 Å². The zero-order valence-corrected chi connectivity index (χ0v) is 12.0. The number of aromatic nitrogens is 1. The number of pyridine rings is 1. The zero-order valence-electron chi connectivity index (χ0n) is 12.0. The summed E-state index contributed by atoms with van der Waals surface area (Å²) < 4.78 is 6.06. The maximum Gasteiger partial charge on any atom is 0.132 e. The summed E-state index contributed by atoms with van der Waals surface area (Å²) in [7, 11) is 0. The molecule has 2 N–H and O–H groups in total. The van der Waals surface area contributed by atoms with Crippen molar-refractivity contribution in [3.05, 3.63) is 72.1 Å². The van der Waals surface area contributed by atoms with E-state index in [9.17, 15) is 0 Å². The van der Waals surface area contributed by atoms with E-state index < -0.39 is 0 Å². The smallest absolute Gasteiger partial charge is 0.132 e. The van der Waals surface area contributed by atoms with Gasteiger partial charge in [0.1, 0.15) is 12.4 Å². The summed E-state index contributed by atoms with van der Waals surface area (Å²) in [4.78, 5) is 4.29. The fourth-order valence-corrected chi connectivity index (χ4v) is 2.41. The largest absolute Gasteiger partial charge is 0.486 e. The van der Waals surface area contributed by atoms with Crippen LogP contribution in [0.1, 0.15) is 24.2 Å². The van der Waals surface area contributed by atoms with E-state index in [0.717, 1.165) is 27.8 Å². The van der Waals surface area contributed by atoms with Crippen molar-refractivity contribution in [2.24, 2.45) is 5.73 Å². The van der Waals surface area contributed by atoms with Crippen LogP contribution in [0.15, 0.2) is 60.8 Å². The predicted molar refractivity (Wildman–Crippen MR) is 85.1 cm³/mol. The standard InChI is InChI=1S/C18H18N2O/c1-13(19)16-10-9-14-6-2-3-8-17(14)18(16)21-12-15-7-4-5-11-20-15/h2-11,13H,12,19H2,1H3. The van der Waals surface area contributed by atoms with Gasteiger partial charge in [-0.05, 0) is 24.4 Å². The Bertz CT molecular complexity index is 739.